The van der Waals surface area contributed by atoms with E-state index in [1.54, 1.807) is 0 Å². The van der Waals surface area contributed by atoms with E-state index in [0.717, 1.165) is 6.42 Å². The molecular formula is C7H14O5S. The Balaban J connectivity index is 2.33. The van der Waals surface area contributed by atoms with Crippen LogP contribution in [0.5, 0.6) is 0 Å². The zero-order valence-corrected chi connectivity index (χ0v) is 8.45. The second-order valence-electron chi connectivity index (χ2n) is 3.39. The van der Waals surface area contributed by atoms with Gasteiger partial charge in [0.25, 0.3) is 0 Å². The van der Waals surface area contributed by atoms with Crippen molar-refractivity contribution in [3.63, 3.8) is 0 Å². The van der Waals surface area contributed by atoms with Crippen molar-refractivity contribution in [1.29, 1.82) is 0 Å². The maximum absolute atomic E-state index is 10.2. The fraction of sp³-hybridized carbons (Fsp3) is 1.00. The molecule has 3 unspecified atom stereocenters. The molecule has 1 saturated heterocycles. The first-order valence-electron chi connectivity index (χ1n) is 4.16. The summed E-state index contributed by atoms with van der Waals surface area (Å²) in [5, 5.41) is 0. The molecule has 0 radical (unpaired) electrons. The van der Waals surface area contributed by atoms with Crippen LogP contribution < -0.4 is 0 Å². The molecule has 6 heteroatoms. The van der Waals surface area contributed by atoms with Crippen LogP contribution in [0.25, 0.3) is 0 Å². The van der Waals surface area contributed by atoms with Crippen molar-refractivity contribution in [2.45, 2.75) is 32.5 Å². The first-order valence-corrected chi connectivity index (χ1v) is 5.52. The van der Waals surface area contributed by atoms with E-state index >= 15 is 0 Å². The van der Waals surface area contributed by atoms with Crippen molar-refractivity contribution >= 4 is 10.4 Å². The average molecular weight is 210 g/mol. The van der Waals surface area contributed by atoms with Gasteiger partial charge < -0.3 is 4.74 Å². The van der Waals surface area contributed by atoms with Crippen LogP contribution in [0.3, 0.4) is 0 Å². The van der Waals surface area contributed by atoms with Gasteiger partial charge in [0, 0.05) is 0 Å². The maximum atomic E-state index is 10.2. The highest BCUT2D eigenvalue weighted by atomic mass is 32.3. The molecule has 0 saturated carbocycles. The summed E-state index contributed by atoms with van der Waals surface area (Å²) in [6.45, 7) is 3.85. The van der Waals surface area contributed by atoms with Gasteiger partial charge in [-0.05, 0) is 19.3 Å². The molecule has 3 atom stereocenters. The number of rotatable bonds is 3. The van der Waals surface area contributed by atoms with Crippen LogP contribution in [0.1, 0.15) is 20.3 Å². The number of ether oxygens (including phenoxy) is 1. The normalized spacial score (nSPS) is 35.2. The van der Waals surface area contributed by atoms with E-state index in [1.807, 2.05) is 13.8 Å². The molecule has 0 amide bonds. The Morgan fingerprint density at radius 2 is 2.15 bits per heavy atom. The Bertz CT molecular complexity index is 250. The molecule has 1 rings (SSSR count). The lowest BCUT2D eigenvalue weighted by Crippen LogP contribution is -2.18. The number of hydrogen-bond acceptors (Lipinski definition) is 4. The third kappa shape index (κ3) is 3.60. The third-order valence-corrected chi connectivity index (χ3v) is 2.68. The standard InChI is InChI=1S/C7H14O5S/c1-5-3-7(12-6(5)2)4-11-13(8,9)10/h5-7H,3-4H2,1-2H3,(H,8,9,10). The summed E-state index contributed by atoms with van der Waals surface area (Å²) in [5.41, 5.74) is 0. The topological polar surface area (TPSA) is 72.8 Å². The maximum Gasteiger partial charge on any atom is 0.397 e. The molecule has 1 aliphatic heterocycles. The lowest BCUT2D eigenvalue weighted by molar-refractivity contribution is 0.0200. The van der Waals surface area contributed by atoms with Crippen LogP contribution in [0.15, 0.2) is 0 Å². The highest BCUT2D eigenvalue weighted by molar-refractivity contribution is 7.80. The van der Waals surface area contributed by atoms with Crippen molar-refractivity contribution in [3.8, 4) is 0 Å². The van der Waals surface area contributed by atoms with Gasteiger partial charge in [-0.3, -0.25) is 4.55 Å². The molecule has 1 fully saturated rings. The van der Waals surface area contributed by atoms with E-state index in [4.69, 9.17) is 9.29 Å². The Morgan fingerprint density at radius 1 is 1.54 bits per heavy atom. The zero-order valence-electron chi connectivity index (χ0n) is 7.63. The molecule has 1 aliphatic rings. The van der Waals surface area contributed by atoms with Gasteiger partial charge in [-0.2, -0.15) is 8.42 Å². The fourth-order valence-corrected chi connectivity index (χ4v) is 1.69. The van der Waals surface area contributed by atoms with Crippen molar-refractivity contribution in [2.75, 3.05) is 6.61 Å². The number of hydrogen-bond donors (Lipinski definition) is 1. The summed E-state index contributed by atoms with van der Waals surface area (Å²) in [6.07, 6.45) is 0.651. The predicted molar refractivity (Wildman–Crippen MR) is 45.6 cm³/mol. The van der Waals surface area contributed by atoms with Crippen LogP contribution in [0.2, 0.25) is 0 Å². The van der Waals surface area contributed by atoms with Gasteiger partial charge in [-0.25, -0.2) is 4.18 Å². The molecule has 0 aromatic carbocycles. The highest BCUT2D eigenvalue weighted by Crippen LogP contribution is 2.25. The van der Waals surface area contributed by atoms with Crippen LogP contribution in [-0.2, 0) is 19.3 Å². The van der Waals surface area contributed by atoms with Gasteiger partial charge in [0.2, 0.25) is 0 Å². The lowest BCUT2D eigenvalue weighted by Gasteiger charge is -2.09. The van der Waals surface area contributed by atoms with Crippen LogP contribution in [0.4, 0.5) is 0 Å². The van der Waals surface area contributed by atoms with E-state index in [1.165, 1.54) is 0 Å². The van der Waals surface area contributed by atoms with Crippen LogP contribution in [-0.4, -0.2) is 31.8 Å². The van der Waals surface area contributed by atoms with Gasteiger partial charge in [-0.15, -0.1) is 0 Å². The van der Waals surface area contributed by atoms with E-state index in [9.17, 15) is 8.42 Å². The van der Waals surface area contributed by atoms with Gasteiger partial charge in [0.1, 0.15) is 0 Å². The van der Waals surface area contributed by atoms with E-state index in [2.05, 4.69) is 4.18 Å². The van der Waals surface area contributed by atoms with Crippen molar-refractivity contribution < 1.29 is 21.9 Å². The minimum atomic E-state index is -4.33. The Labute approximate surface area is 78.0 Å². The summed E-state index contributed by atoms with van der Waals surface area (Å²) >= 11 is 0. The zero-order chi connectivity index (χ0) is 10.1. The summed E-state index contributed by atoms with van der Waals surface area (Å²) in [7, 11) is -4.33. The monoisotopic (exact) mass is 210 g/mol. The minimum Gasteiger partial charge on any atom is -0.373 e. The first kappa shape index (κ1) is 10.9. The molecule has 0 bridgehead atoms. The molecule has 0 spiro atoms. The Kier molecular flexibility index (Phi) is 3.28. The quantitative estimate of drug-likeness (QED) is 0.691. The molecule has 13 heavy (non-hydrogen) atoms. The second-order valence-corrected chi connectivity index (χ2v) is 4.48. The summed E-state index contributed by atoms with van der Waals surface area (Å²) in [6, 6.07) is 0. The summed E-state index contributed by atoms with van der Waals surface area (Å²) in [4.78, 5) is 0. The predicted octanol–water partition coefficient (Wildman–Crippen LogP) is 0.619. The van der Waals surface area contributed by atoms with Crippen molar-refractivity contribution in [2.24, 2.45) is 5.92 Å². The van der Waals surface area contributed by atoms with Crippen LogP contribution in [0, 0.1) is 5.92 Å². The van der Waals surface area contributed by atoms with E-state index in [-0.39, 0.29) is 18.8 Å². The van der Waals surface area contributed by atoms with Crippen molar-refractivity contribution in [1.82, 2.24) is 0 Å². The average Bonchev–Trinajstić information content (AvgIpc) is 2.27. The summed E-state index contributed by atoms with van der Waals surface area (Å²) in [5.74, 6) is 0.398. The Hall–Kier alpha value is -0.170. The first-order chi connectivity index (χ1) is 5.88. The lowest BCUT2D eigenvalue weighted by atomic mass is 10.0. The molecule has 5 nitrogen and oxygen atoms in total. The minimum absolute atomic E-state index is 0.104. The second kappa shape index (κ2) is 3.91. The van der Waals surface area contributed by atoms with E-state index < -0.39 is 10.4 Å². The largest absolute Gasteiger partial charge is 0.397 e. The molecule has 78 valence electrons. The third-order valence-electron chi connectivity index (χ3n) is 2.25. The van der Waals surface area contributed by atoms with Crippen LogP contribution >= 0.6 is 0 Å². The molecular weight excluding hydrogens is 196 g/mol. The summed E-state index contributed by atoms with van der Waals surface area (Å²) < 4.78 is 38.3. The van der Waals surface area contributed by atoms with Crippen molar-refractivity contribution in [3.05, 3.63) is 0 Å². The molecule has 1 heterocycles. The Morgan fingerprint density at radius 3 is 2.54 bits per heavy atom. The van der Waals surface area contributed by atoms with Gasteiger partial charge >= 0.3 is 10.4 Å². The molecule has 0 aromatic rings. The SMILES string of the molecule is CC1CC(COS(=O)(=O)O)OC1C. The molecule has 0 aliphatic carbocycles. The molecule has 0 aromatic heterocycles. The van der Waals surface area contributed by atoms with Gasteiger partial charge in [0.15, 0.2) is 0 Å². The van der Waals surface area contributed by atoms with Gasteiger partial charge in [0.05, 0.1) is 18.8 Å². The smallest absolute Gasteiger partial charge is 0.373 e. The molecule has 1 N–H and O–H groups in total. The van der Waals surface area contributed by atoms with Gasteiger partial charge in [-0.1, -0.05) is 6.92 Å². The van der Waals surface area contributed by atoms with E-state index in [0.29, 0.717) is 5.92 Å². The highest BCUT2D eigenvalue weighted by Gasteiger charge is 2.29. The fourth-order valence-electron chi connectivity index (χ4n) is 1.37.